The Hall–Kier alpha value is -3.12. The summed E-state index contributed by atoms with van der Waals surface area (Å²) in [7, 11) is 0. The number of aromatic nitrogens is 1. The van der Waals surface area contributed by atoms with Gasteiger partial charge in [0.25, 0.3) is 0 Å². The maximum atomic E-state index is 9.66. The molecule has 2 aromatic carbocycles. The van der Waals surface area contributed by atoms with Crippen molar-refractivity contribution in [1.82, 2.24) is 4.98 Å². The molecule has 1 heterocycles. The Bertz CT molecular complexity index is 936. The van der Waals surface area contributed by atoms with Crippen LogP contribution in [-0.4, -0.2) is 4.98 Å². The lowest BCUT2D eigenvalue weighted by molar-refractivity contribution is 0.860. The van der Waals surface area contributed by atoms with Crippen LogP contribution in [0, 0.1) is 11.3 Å². The molecular weight excluding hydrogens is 318 g/mol. The quantitative estimate of drug-likeness (QED) is 0.677. The molecule has 0 atom stereocenters. The minimum atomic E-state index is 0.329. The average Bonchev–Trinajstić information content (AvgIpc) is 2.68. The largest absolute Gasteiger partial charge is 0.383 e. The zero-order valence-corrected chi connectivity index (χ0v) is 15.3. The van der Waals surface area contributed by atoms with E-state index in [4.69, 9.17) is 5.73 Å². The molecule has 3 heteroatoms. The van der Waals surface area contributed by atoms with E-state index in [1.54, 1.807) is 0 Å². The molecule has 1 aromatic heterocycles. The molecule has 0 aliphatic heterocycles. The van der Waals surface area contributed by atoms with Crippen molar-refractivity contribution in [2.45, 2.75) is 33.1 Å². The Labute approximate surface area is 155 Å². The van der Waals surface area contributed by atoms with Crippen molar-refractivity contribution in [3.8, 4) is 28.3 Å². The molecule has 0 aliphatic carbocycles. The smallest absolute Gasteiger partial charge is 0.142 e. The molecular formula is C23H23N3. The number of nitrogen functional groups attached to an aromatic ring is 1. The Balaban J connectivity index is 2.15. The zero-order valence-electron chi connectivity index (χ0n) is 15.3. The summed E-state index contributed by atoms with van der Waals surface area (Å²) in [4.78, 5) is 4.51. The summed E-state index contributed by atoms with van der Waals surface area (Å²) in [5, 5.41) is 9.66. The molecule has 0 aliphatic rings. The third-order valence-electron chi connectivity index (χ3n) is 4.64. The molecule has 26 heavy (non-hydrogen) atoms. The number of hydrogen-bond acceptors (Lipinski definition) is 3. The number of pyridine rings is 1. The second-order valence-electron chi connectivity index (χ2n) is 6.33. The minimum absolute atomic E-state index is 0.329. The number of nitrogens with zero attached hydrogens (tertiary/aromatic N) is 2. The van der Waals surface area contributed by atoms with E-state index >= 15 is 0 Å². The summed E-state index contributed by atoms with van der Waals surface area (Å²) in [6.07, 6.45) is 2.69. The highest BCUT2D eigenvalue weighted by molar-refractivity contribution is 5.80. The molecule has 0 radical (unpaired) electrons. The summed E-state index contributed by atoms with van der Waals surface area (Å²) >= 11 is 0. The van der Waals surface area contributed by atoms with Crippen LogP contribution in [0.25, 0.3) is 22.3 Å². The third kappa shape index (κ3) is 3.32. The molecule has 0 saturated carbocycles. The molecule has 0 fully saturated rings. The fraction of sp³-hybridized carbons (Fsp3) is 0.217. The first kappa shape index (κ1) is 17.7. The molecule has 3 nitrogen and oxygen atoms in total. The van der Waals surface area contributed by atoms with E-state index < -0.39 is 0 Å². The van der Waals surface area contributed by atoms with Gasteiger partial charge in [0.05, 0.1) is 0 Å². The van der Waals surface area contributed by atoms with E-state index in [0.717, 1.165) is 47.2 Å². The van der Waals surface area contributed by atoms with Crippen LogP contribution in [-0.2, 0) is 12.8 Å². The fourth-order valence-corrected chi connectivity index (χ4v) is 3.41. The first-order valence-electron chi connectivity index (χ1n) is 9.06. The van der Waals surface area contributed by atoms with Crippen LogP contribution >= 0.6 is 0 Å². The highest BCUT2D eigenvalue weighted by Gasteiger charge is 2.18. The Morgan fingerprint density at radius 2 is 1.54 bits per heavy atom. The molecule has 0 spiro atoms. The van der Waals surface area contributed by atoms with Crippen LogP contribution in [0.2, 0.25) is 0 Å². The lowest BCUT2D eigenvalue weighted by atomic mass is 9.90. The van der Waals surface area contributed by atoms with Gasteiger partial charge in [0.2, 0.25) is 0 Å². The summed E-state index contributed by atoms with van der Waals surface area (Å²) in [6.45, 7) is 4.24. The molecule has 130 valence electrons. The average molecular weight is 341 g/mol. The van der Waals surface area contributed by atoms with Gasteiger partial charge in [-0.3, -0.25) is 0 Å². The van der Waals surface area contributed by atoms with Gasteiger partial charge in [-0.1, -0.05) is 74.9 Å². The Kier molecular flexibility index (Phi) is 5.34. The number of benzene rings is 2. The Morgan fingerprint density at radius 1 is 0.923 bits per heavy atom. The van der Waals surface area contributed by atoms with E-state index in [9.17, 15) is 5.26 Å². The van der Waals surface area contributed by atoms with Crippen molar-refractivity contribution in [3.05, 3.63) is 71.4 Å². The molecule has 0 unspecified atom stereocenters. The van der Waals surface area contributed by atoms with Gasteiger partial charge < -0.3 is 5.73 Å². The summed E-state index contributed by atoms with van der Waals surface area (Å²) in [5.41, 5.74) is 13.0. The topological polar surface area (TPSA) is 62.7 Å². The summed E-state index contributed by atoms with van der Waals surface area (Å²) in [6, 6.07) is 20.9. The number of nitrogens with two attached hydrogens (primary N) is 1. The zero-order chi connectivity index (χ0) is 18.5. The minimum Gasteiger partial charge on any atom is -0.383 e. The molecule has 0 saturated heterocycles. The highest BCUT2D eigenvalue weighted by Crippen LogP contribution is 2.34. The van der Waals surface area contributed by atoms with Crippen LogP contribution in [0.5, 0.6) is 0 Å². The van der Waals surface area contributed by atoms with Crippen molar-refractivity contribution in [3.63, 3.8) is 0 Å². The molecule has 3 aromatic rings. The monoisotopic (exact) mass is 341 g/mol. The van der Waals surface area contributed by atoms with Gasteiger partial charge in [-0.2, -0.15) is 5.26 Å². The lowest BCUT2D eigenvalue weighted by Gasteiger charge is -2.16. The van der Waals surface area contributed by atoms with Crippen molar-refractivity contribution in [1.29, 1.82) is 5.26 Å². The normalized spacial score (nSPS) is 10.5. The first-order chi connectivity index (χ1) is 12.7. The van der Waals surface area contributed by atoms with Gasteiger partial charge in [0, 0.05) is 11.3 Å². The number of aryl methyl sites for hydroxylation is 1. The van der Waals surface area contributed by atoms with E-state index in [0.29, 0.717) is 11.4 Å². The maximum absolute atomic E-state index is 9.66. The van der Waals surface area contributed by atoms with Gasteiger partial charge in [0.15, 0.2) is 0 Å². The van der Waals surface area contributed by atoms with E-state index in [-0.39, 0.29) is 0 Å². The number of hydrogen-bond donors (Lipinski definition) is 1. The SMILES string of the molecule is CCCc1nc(N)c(C#N)c(-c2ccc(-c3ccccc3)cc2)c1CC. The molecule has 3 rings (SSSR count). The van der Waals surface area contributed by atoms with Crippen molar-refractivity contribution in [2.24, 2.45) is 0 Å². The van der Waals surface area contributed by atoms with Gasteiger partial charge in [-0.15, -0.1) is 0 Å². The standard InChI is InChI=1S/C23H23N3/c1-3-8-21-19(4-2)22(20(15-24)23(25)26-21)18-13-11-17(12-14-18)16-9-6-5-7-10-16/h5-7,9-14H,3-4,8H2,1-2H3,(H2,25,26). The lowest BCUT2D eigenvalue weighted by Crippen LogP contribution is -2.07. The molecule has 0 amide bonds. The number of anilines is 1. The van der Waals surface area contributed by atoms with Crippen LogP contribution < -0.4 is 5.73 Å². The van der Waals surface area contributed by atoms with Crippen LogP contribution in [0.4, 0.5) is 5.82 Å². The van der Waals surface area contributed by atoms with Crippen molar-refractivity contribution in [2.75, 3.05) is 5.73 Å². The number of nitriles is 1. The second-order valence-corrected chi connectivity index (χ2v) is 6.33. The predicted octanol–water partition coefficient (Wildman–Crippen LogP) is 5.38. The third-order valence-corrected chi connectivity index (χ3v) is 4.64. The van der Waals surface area contributed by atoms with Gasteiger partial charge in [0.1, 0.15) is 17.5 Å². The van der Waals surface area contributed by atoms with Crippen LogP contribution in [0.15, 0.2) is 54.6 Å². The van der Waals surface area contributed by atoms with Gasteiger partial charge in [-0.05, 0) is 35.1 Å². The summed E-state index contributed by atoms with van der Waals surface area (Å²) in [5.74, 6) is 0.329. The Morgan fingerprint density at radius 3 is 2.12 bits per heavy atom. The first-order valence-corrected chi connectivity index (χ1v) is 9.06. The van der Waals surface area contributed by atoms with E-state index in [1.807, 2.05) is 18.2 Å². The van der Waals surface area contributed by atoms with Crippen molar-refractivity contribution < 1.29 is 0 Å². The van der Waals surface area contributed by atoms with Crippen LogP contribution in [0.3, 0.4) is 0 Å². The molecule has 0 bridgehead atoms. The van der Waals surface area contributed by atoms with Gasteiger partial charge >= 0.3 is 0 Å². The maximum Gasteiger partial charge on any atom is 0.142 e. The van der Waals surface area contributed by atoms with E-state index in [2.05, 4.69) is 61.3 Å². The molecule has 2 N–H and O–H groups in total. The second kappa shape index (κ2) is 7.84. The van der Waals surface area contributed by atoms with Crippen LogP contribution in [0.1, 0.15) is 37.1 Å². The predicted molar refractivity (Wildman–Crippen MR) is 108 cm³/mol. The number of rotatable bonds is 5. The highest BCUT2D eigenvalue weighted by atomic mass is 14.9. The fourth-order valence-electron chi connectivity index (χ4n) is 3.41. The van der Waals surface area contributed by atoms with Crippen molar-refractivity contribution >= 4 is 5.82 Å². The van der Waals surface area contributed by atoms with Gasteiger partial charge in [-0.25, -0.2) is 4.98 Å². The summed E-state index contributed by atoms with van der Waals surface area (Å²) < 4.78 is 0. The van der Waals surface area contributed by atoms with E-state index in [1.165, 1.54) is 5.56 Å².